The highest BCUT2D eigenvalue weighted by Gasteiger charge is 2.14. The predicted octanol–water partition coefficient (Wildman–Crippen LogP) is 11.3. The van der Waals surface area contributed by atoms with Crippen molar-refractivity contribution in [1.29, 1.82) is 0 Å². The fourth-order valence-corrected chi connectivity index (χ4v) is 6.22. The van der Waals surface area contributed by atoms with E-state index in [0.29, 0.717) is 0 Å². The molecule has 0 heteroatoms. The van der Waals surface area contributed by atoms with Gasteiger partial charge in [0, 0.05) is 0 Å². The third-order valence-electron chi connectivity index (χ3n) is 8.20. The molecule has 0 aliphatic carbocycles. The molecule has 0 nitrogen and oxygen atoms in total. The van der Waals surface area contributed by atoms with Crippen molar-refractivity contribution in [3.8, 4) is 33.4 Å². The topological polar surface area (TPSA) is 0 Å². The van der Waals surface area contributed by atoms with Crippen molar-refractivity contribution in [2.24, 2.45) is 0 Å². The molecule has 8 aromatic carbocycles. The Bertz CT molecular complexity index is 2220. The van der Waals surface area contributed by atoms with Crippen LogP contribution in [0.1, 0.15) is 0 Å². The minimum atomic E-state index is 1.23. The van der Waals surface area contributed by atoms with E-state index < -0.39 is 0 Å². The minimum absolute atomic E-state index is 1.23. The lowest BCUT2D eigenvalue weighted by Gasteiger charge is -2.16. The standard InChI is InChI=1S/C40H26/c1-3-11-29-23-32(21-19-27(29)9-1)31-14-7-15-33(25-31)39-26-34-13-5-6-16-36(34)40-37(17-8-18-38(39)40)35-22-20-28-10-2-4-12-30(28)24-35/h1-26H. The van der Waals surface area contributed by atoms with Gasteiger partial charge in [0.15, 0.2) is 0 Å². The molecule has 0 spiro atoms. The van der Waals surface area contributed by atoms with Gasteiger partial charge in [-0.1, -0.05) is 133 Å². The molecule has 0 saturated carbocycles. The average Bonchev–Trinajstić information content (AvgIpc) is 3.03. The predicted molar refractivity (Wildman–Crippen MR) is 173 cm³/mol. The third-order valence-corrected chi connectivity index (χ3v) is 8.20. The van der Waals surface area contributed by atoms with Gasteiger partial charge in [0.1, 0.15) is 0 Å². The van der Waals surface area contributed by atoms with Gasteiger partial charge in [-0.25, -0.2) is 0 Å². The maximum atomic E-state index is 2.36. The summed E-state index contributed by atoms with van der Waals surface area (Å²) in [4.78, 5) is 0. The van der Waals surface area contributed by atoms with Gasteiger partial charge in [0.2, 0.25) is 0 Å². The van der Waals surface area contributed by atoms with Crippen LogP contribution in [0.3, 0.4) is 0 Å². The summed E-state index contributed by atoms with van der Waals surface area (Å²) in [6, 6.07) is 57.7. The van der Waals surface area contributed by atoms with Crippen LogP contribution >= 0.6 is 0 Å². The van der Waals surface area contributed by atoms with E-state index in [1.807, 2.05) is 0 Å². The van der Waals surface area contributed by atoms with Crippen molar-refractivity contribution in [2.75, 3.05) is 0 Å². The highest BCUT2D eigenvalue weighted by Crippen LogP contribution is 2.41. The van der Waals surface area contributed by atoms with Crippen LogP contribution in [0.4, 0.5) is 0 Å². The van der Waals surface area contributed by atoms with Crippen molar-refractivity contribution in [3.63, 3.8) is 0 Å². The zero-order chi connectivity index (χ0) is 26.5. The van der Waals surface area contributed by atoms with Crippen LogP contribution in [-0.4, -0.2) is 0 Å². The second-order valence-corrected chi connectivity index (χ2v) is 10.6. The van der Waals surface area contributed by atoms with Gasteiger partial charge in [-0.2, -0.15) is 0 Å². The molecule has 0 amide bonds. The summed E-state index contributed by atoms with van der Waals surface area (Å²) in [7, 11) is 0. The van der Waals surface area contributed by atoms with Crippen LogP contribution in [0.5, 0.6) is 0 Å². The zero-order valence-electron chi connectivity index (χ0n) is 22.0. The lowest BCUT2D eigenvalue weighted by molar-refractivity contribution is 1.62. The molecule has 8 aromatic rings. The van der Waals surface area contributed by atoms with Gasteiger partial charge in [0.05, 0.1) is 0 Å². The SMILES string of the molecule is c1cc(-c2ccc3ccccc3c2)cc(-c2cc3ccccc3c3c(-c4ccc5ccccc5c4)cccc23)c1. The molecule has 0 aromatic heterocycles. The molecule has 0 aliphatic rings. The monoisotopic (exact) mass is 506 g/mol. The van der Waals surface area contributed by atoms with E-state index in [1.54, 1.807) is 0 Å². The summed E-state index contributed by atoms with van der Waals surface area (Å²) < 4.78 is 0. The smallest absolute Gasteiger partial charge is 0.00206 e. The van der Waals surface area contributed by atoms with Gasteiger partial charge in [0.25, 0.3) is 0 Å². The normalized spacial score (nSPS) is 11.5. The van der Waals surface area contributed by atoms with Crippen LogP contribution in [0.25, 0.3) is 76.5 Å². The lowest BCUT2D eigenvalue weighted by Crippen LogP contribution is -1.89. The molecule has 0 saturated heterocycles. The van der Waals surface area contributed by atoms with E-state index in [1.165, 1.54) is 76.5 Å². The number of hydrogen-bond acceptors (Lipinski definition) is 0. The van der Waals surface area contributed by atoms with E-state index in [2.05, 4.69) is 158 Å². The quantitative estimate of drug-likeness (QED) is 0.209. The van der Waals surface area contributed by atoms with E-state index in [-0.39, 0.29) is 0 Å². The second kappa shape index (κ2) is 9.22. The summed E-state index contributed by atoms with van der Waals surface area (Å²) in [6.45, 7) is 0. The fraction of sp³-hybridized carbons (Fsp3) is 0. The molecule has 186 valence electrons. The number of benzene rings is 8. The van der Waals surface area contributed by atoms with E-state index >= 15 is 0 Å². The number of hydrogen-bond donors (Lipinski definition) is 0. The van der Waals surface area contributed by atoms with Crippen LogP contribution in [0.15, 0.2) is 158 Å². The number of rotatable bonds is 3. The van der Waals surface area contributed by atoms with E-state index in [9.17, 15) is 0 Å². The van der Waals surface area contributed by atoms with Crippen molar-refractivity contribution in [1.82, 2.24) is 0 Å². The Hall–Kier alpha value is -5.20. The lowest BCUT2D eigenvalue weighted by atomic mass is 9.87. The zero-order valence-corrected chi connectivity index (χ0v) is 22.0. The molecule has 0 atom stereocenters. The highest BCUT2D eigenvalue weighted by atomic mass is 14.2. The van der Waals surface area contributed by atoms with Gasteiger partial charge in [-0.05, 0) is 101 Å². The molecule has 0 radical (unpaired) electrons. The van der Waals surface area contributed by atoms with Crippen LogP contribution < -0.4 is 0 Å². The molecular weight excluding hydrogens is 480 g/mol. The first kappa shape index (κ1) is 22.8. The average molecular weight is 507 g/mol. The molecule has 0 N–H and O–H groups in total. The summed E-state index contributed by atoms with van der Waals surface area (Å²) in [5, 5.41) is 10.2. The molecular formula is C40H26. The summed E-state index contributed by atoms with van der Waals surface area (Å²) in [6.07, 6.45) is 0. The Kier molecular flexibility index (Phi) is 5.24. The molecule has 8 rings (SSSR count). The largest absolute Gasteiger partial charge is 0.0616 e. The van der Waals surface area contributed by atoms with Crippen molar-refractivity contribution >= 4 is 43.1 Å². The van der Waals surface area contributed by atoms with Crippen LogP contribution in [0, 0.1) is 0 Å². The van der Waals surface area contributed by atoms with Crippen molar-refractivity contribution < 1.29 is 0 Å². The first-order valence-electron chi connectivity index (χ1n) is 13.9. The maximum Gasteiger partial charge on any atom is -0.00206 e. The first-order chi connectivity index (χ1) is 19.8. The van der Waals surface area contributed by atoms with E-state index in [0.717, 1.165) is 0 Å². The summed E-state index contributed by atoms with van der Waals surface area (Å²) in [5.41, 5.74) is 7.48. The Balaban J connectivity index is 1.36. The Morgan fingerprint density at radius 1 is 0.250 bits per heavy atom. The third kappa shape index (κ3) is 3.77. The van der Waals surface area contributed by atoms with Crippen LogP contribution in [-0.2, 0) is 0 Å². The van der Waals surface area contributed by atoms with Gasteiger partial charge in [-0.15, -0.1) is 0 Å². The van der Waals surface area contributed by atoms with Gasteiger partial charge in [-0.3, -0.25) is 0 Å². The van der Waals surface area contributed by atoms with Crippen molar-refractivity contribution in [3.05, 3.63) is 158 Å². The van der Waals surface area contributed by atoms with Crippen molar-refractivity contribution in [2.45, 2.75) is 0 Å². The molecule has 40 heavy (non-hydrogen) atoms. The second-order valence-electron chi connectivity index (χ2n) is 10.6. The van der Waals surface area contributed by atoms with Crippen LogP contribution in [0.2, 0.25) is 0 Å². The molecule has 0 aliphatic heterocycles. The summed E-state index contributed by atoms with van der Waals surface area (Å²) >= 11 is 0. The Morgan fingerprint density at radius 3 is 1.55 bits per heavy atom. The highest BCUT2D eigenvalue weighted by molar-refractivity contribution is 6.19. The molecule has 0 bridgehead atoms. The van der Waals surface area contributed by atoms with Gasteiger partial charge < -0.3 is 0 Å². The summed E-state index contributed by atoms with van der Waals surface area (Å²) in [5.74, 6) is 0. The Labute approximate surface area is 233 Å². The first-order valence-corrected chi connectivity index (χ1v) is 13.9. The fourth-order valence-electron chi connectivity index (χ4n) is 6.22. The maximum absolute atomic E-state index is 2.36. The number of fused-ring (bicyclic) bond motifs is 5. The molecule has 0 heterocycles. The van der Waals surface area contributed by atoms with Gasteiger partial charge >= 0.3 is 0 Å². The van der Waals surface area contributed by atoms with E-state index in [4.69, 9.17) is 0 Å². The molecule has 0 fully saturated rings. The minimum Gasteiger partial charge on any atom is -0.0616 e. The molecule has 0 unspecified atom stereocenters. The Morgan fingerprint density at radius 2 is 0.775 bits per heavy atom.